The fourth-order valence-electron chi connectivity index (χ4n) is 2.71. The van der Waals surface area contributed by atoms with Crippen LogP contribution in [-0.4, -0.2) is 38.1 Å². The Morgan fingerprint density at radius 2 is 1.07 bits per heavy atom. The fraction of sp³-hybridized carbons (Fsp3) is 0.875. The third-order valence-corrected chi connectivity index (χ3v) is 4.58. The van der Waals surface area contributed by atoms with Crippen LogP contribution in [0.25, 0.3) is 0 Å². The molecule has 0 aromatic heterocycles. The number of likely N-dealkylation sites (N-methyl/N-ethyl adjacent to an activating group) is 1. The lowest BCUT2D eigenvalue weighted by molar-refractivity contribution is -0.139. The first-order chi connectivity index (χ1) is 13.0. The molecule has 28 heavy (non-hydrogen) atoms. The summed E-state index contributed by atoms with van der Waals surface area (Å²) in [5, 5.41) is 0. The second-order valence-corrected chi connectivity index (χ2v) is 7.96. The molecule has 4 heteroatoms. The molecular weight excluding hydrogens is 414 g/mol. The Hall–Kier alpha value is -0.350. The molecule has 0 aliphatic heterocycles. The van der Waals surface area contributed by atoms with Crippen molar-refractivity contribution in [3.63, 3.8) is 0 Å². The van der Waals surface area contributed by atoms with Crippen molar-refractivity contribution in [2.24, 2.45) is 0 Å². The average molecular weight is 465 g/mol. The summed E-state index contributed by atoms with van der Waals surface area (Å²) in [4.78, 5) is 12.7. The van der Waals surface area contributed by atoms with Gasteiger partial charge in [0.05, 0.1) is 0 Å². The number of carbonyl (C=O) groups is 1. The van der Waals surface area contributed by atoms with Gasteiger partial charge in [-0.1, -0.05) is 110 Å². The Bertz CT molecular complexity index is 319. The zero-order chi connectivity index (χ0) is 20.8. The quantitative estimate of drug-likeness (QED) is 0.125. The van der Waals surface area contributed by atoms with Crippen molar-refractivity contribution < 1.29 is 9.53 Å². The van der Waals surface area contributed by atoms with E-state index in [1.807, 2.05) is 19.0 Å². The van der Waals surface area contributed by atoms with Crippen LogP contribution in [0.3, 0.4) is 0 Å². The van der Waals surface area contributed by atoms with E-state index in [9.17, 15) is 4.79 Å². The standard InChI is InChI=1S/C16H34.C8H15NO2.BrH/c1-3-5-7-9-11-13-15-16-14-12-10-8-6-4-2;1-7(2)8(10)11-6-5-9(3)4;/h3-16H2,1-2H3;1,5-6H2,2-4H3;1H. The van der Waals surface area contributed by atoms with Gasteiger partial charge >= 0.3 is 5.97 Å². The number of ether oxygens (including phenoxy) is 1. The number of carbonyl (C=O) groups excluding carboxylic acids is 1. The van der Waals surface area contributed by atoms with Crippen LogP contribution in [0.4, 0.5) is 0 Å². The van der Waals surface area contributed by atoms with Gasteiger partial charge in [0, 0.05) is 12.1 Å². The topological polar surface area (TPSA) is 29.5 Å². The van der Waals surface area contributed by atoms with Crippen LogP contribution in [0, 0.1) is 0 Å². The predicted octanol–water partition coefficient (Wildman–Crippen LogP) is 7.73. The van der Waals surface area contributed by atoms with Crippen molar-refractivity contribution in [2.75, 3.05) is 27.2 Å². The van der Waals surface area contributed by atoms with Crippen LogP contribution in [0.5, 0.6) is 0 Å². The molecular formula is C24H50BrNO2. The van der Waals surface area contributed by atoms with Crippen molar-refractivity contribution in [1.82, 2.24) is 4.90 Å². The summed E-state index contributed by atoms with van der Waals surface area (Å²) < 4.78 is 4.83. The molecule has 0 atom stereocenters. The van der Waals surface area contributed by atoms with E-state index < -0.39 is 0 Å². The molecule has 170 valence electrons. The lowest BCUT2D eigenvalue weighted by atomic mass is 10.0. The number of esters is 1. The van der Waals surface area contributed by atoms with Gasteiger partial charge < -0.3 is 9.64 Å². The Kier molecular flexibility index (Phi) is 30.8. The normalized spacial score (nSPS) is 10.1. The zero-order valence-electron chi connectivity index (χ0n) is 19.7. The summed E-state index contributed by atoms with van der Waals surface area (Å²) in [6, 6.07) is 0. The van der Waals surface area contributed by atoms with Crippen LogP contribution >= 0.6 is 17.0 Å². The minimum atomic E-state index is -0.313. The highest BCUT2D eigenvalue weighted by Crippen LogP contribution is 2.12. The number of hydrogen-bond acceptors (Lipinski definition) is 3. The molecule has 0 aliphatic rings. The van der Waals surface area contributed by atoms with Gasteiger partial charge in [-0.3, -0.25) is 0 Å². The maximum atomic E-state index is 10.8. The molecule has 0 spiro atoms. The number of hydrogen-bond donors (Lipinski definition) is 0. The van der Waals surface area contributed by atoms with Gasteiger partial charge in [-0.05, 0) is 21.0 Å². The number of nitrogens with zero attached hydrogens (tertiary/aromatic N) is 1. The zero-order valence-corrected chi connectivity index (χ0v) is 21.4. The first-order valence-electron chi connectivity index (χ1n) is 11.4. The van der Waals surface area contributed by atoms with Crippen molar-refractivity contribution in [1.29, 1.82) is 0 Å². The molecule has 0 unspecified atom stereocenters. The van der Waals surface area contributed by atoms with E-state index in [2.05, 4.69) is 20.4 Å². The average Bonchev–Trinajstić information content (AvgIpc) is 2.62. The lowest BCUT2D eigenvalue weighted by Crippen LogP contribution is -2.20. The molecule has 0 saturated carbocycles. The predicted molar refractivity (Wildman–Crippen MR) is 131 cm³/mol. The highest BCUT2D eigenvalue weighted by Gasteiger charge is 2.01. The van der Waals surface area contributed by atoms with Gasteiger partial charge in [-0.2, -0.15) is 0 Å². The molecule has 0 aliphatic carbocycles. The second-order valence-electron chi connectivity index (χ2n) is 7.96. The molecule has 0 radical (unpaired) electrons. The summed E-state index contributed by atoms with van der Waals surface area (Å²) in [5.41, 5.74) is 0.448. The Balaban J connectivity index is -0.000000460. The van der Waals surface area contributed by atoms with Gasteiger partial charge in [-0.15, -0.1) is 17.0 Å². The third kappa shape index (κ3) is 30.4. The van der Waals surface area contributed by atoms with Gasteiger partial charge in [0.15, 0.2) is 0 Å². The highest BCUT2D eigenvalue weighted by atomic mass is 79.9. The van der Waals surface area contributed by atoms with Crippen molar-refractivity contribution in [3.05, 3.63) is 12.2 Å². The number of rotatable bonds is 17. The fourth-order valence-corrected chi connectivity index (χ4v) is 2.71. The Morgan fingerprint density at radius 1 is 0.750 bits per heavy atom. The van der Waals surface area contributed by atoms with Crippen molar-refractivity contribution in [3.8, 4) is 0 Å². The maximum absolute atomic E-state index is 10.8. The molecule has 0 fully saturated rings. The molecule has 0 amide bonds. The lowest BCUT2D eigenvalue weighted by Gasteiger charge is -2.09. The van der Waals surface area contributed by atoms with Gasteiger partial charge in [-0.25, -0.2) is 4.79 Å². The minimum Gasteiger partial charge on any atom is -0.461 e. The van der Waals surface area contributed by atoms with Crippen LogP contribution in [-0.2, 0) is 9.53 Å². The monoisotopic (exact) mass is 463 g/mol. The molecule has 0 aromatic carbocycles. The summed E-state index contributed by atoms with van der Waals surface area (Å²) in [5.74, 6) is -0.313. The first-order valence-corrected chi connectivity index (χ1v) is 11.4. The van der Waals surface area contributed by atoms with E-state index in [1.165, 1.54) is 89.9 Å². The van der Waals surface area contributed by atoms with Crippen LogP contribution in [0.15, 0.2) is 12.2 Å². The summed E-state index contributed by atoms with van der Waals surface area (Å²) in [7, 11) is 3.85. The minimum absolute atomic E-state index is 0. The molecule has 0 heterocycles. The van der Waals surface area contributed by atoms with E-state index in [1.54, 1.807) is 6.92 Å². The van der Waals surface area contributed by atoms with Crippen LogP contribution in [0.1, 0.15) is 111 Å². The number of halogens is 1. The maximum Gasteiger partial charge on any atom is 0.333 e. The largest absolute Gasteiger partial charge is 0.461 e. The van der Waals surface area contributed by atoms with E-state index in [-0.39, 0.29) is 23.0 Å². The third-order valence-electron chi connectivity index (χ3n) is 4.58. The van der Waals surface area contributed by atoms with Gasteiger partial charge in [0.25, 0.3) is 0 Å². The van der Waals surface area contributed by atoms with Crippen molar-refractivity contribution >= 4 is 23.0 Å². The van der Waals surface area contributed by atoms with E-state index >= 15 is 0 Å². The molecule has 0 rings (SSSR count). The molecule has 3 nitrogen and oxygen atoms in total. The van der Waals surface area contributed by atoms with Crippen LogP contribution < -0.4 is 0 Å². The Morgan fingerprint density at radius 3 is 1.32 bits per heavy atom. The molecule has 0 bridgehead atoms. The van der Waals surface area contributed by atoms with E-state index in [0.29, 0.717) is 12.2 Å². The van der Waals surface area contributed by atoms with Gasteiger partial charge in [0.2, 0.25) is 0 Å². The van der Waals surface area contributed by atoms with E-state index in [0.717, 1.165) is 6.54 Å². The Labute approximate surface area is 187 Å². The highest BCUT2D eigenvalue weighted by molar-refractivity contribution is 8.93. The van der Waals surface area contributed by atoms with E-state index in [4.69, 9.17) is 4.74 Å². The smallest absolute Gasteiger partial charge is 0.333 e. The first kappa shape index (κ1) is 32.3. The van der Waals surface area contributed by atoms with Gasteiger partial charge in [0.1, 0.15) is 6.61 Å². The van der Waals surface area contributed by atoms with Crippen molar-refractivity contribution in [2.45, 2.75) is 111 Å². The molecule has 0 saturated heterocycles. The molecule has 0 aromatic rings. The number of unbranched alkanes of at least 4 members (excludes halogenated alkanes) is 13. The summed E-state index contributed by atoms with van der Waals surface area (Å²) in [6.45, 7) is 10.9. The second kappa shape index (κ2) is 26.6. The molecule has 0 N–H and O–H groups in total. The van der Waals surface area contributed by atoms with Crippen LogP contribution in [0.2, 0.25) is 0 Å². The SMILES string of the molecule is Br.C=C(C)C(=O)OCCN(C)C.CCCCCCCCCCCCCCCC. The summed E-state index contributed by atoms with van der Waals surface area (Å²) >= 11 is 0. The summed E-state index contributed by atoms with van der Waals surface area (Å²) in [6.07, 6.45) is 20.4.